The van der Waals surface area contributed by atoms with Crippen LogP contribution in [-0.4, -0.2) is 77.2 Å². The van der Waals surface area contributed by atoms with Crippen molar-refractivity contribution in [3.63, 3.8) is 0 Å². The van der Waals surface area contributed by atoms with Gasteiger partial charge in [-0.1, -0.05) is 11.6 Å². The number of amides is 5. The van der Waals surface area contributed by atoms with Gasteiger partial charge in [-0.2, -0.15) is 5.26 Å². The number of piperidine rings is 1. The molecule has 5 amide bonds. The van der Waals surface area contributed by atoms with E-state index in [-0.39, 0.29) is 36.8 Å². The zero-order valence-corrected chi connectivity index (χ0v) is 32.1. The van der Waals surface area contributed by atoms with E-state index < -0.39 is 23.8 Å². The van der Waals surface area contributed by atoms with Crippen LogP contribution >= 0.6 is 11.6 Å². The number of nitrogens with one attached hydrogen (secondary N) is 2. The summed E-state index contributed by atoms with van der Waals surface area (Å²) in [5.74, 6) is -0.727. The predicted octanol–water partition coefficient (Wildman–Crippen LogP) is 5.74. The molecule has 0 aromatic heterocycles. The molecule has 1 saturated heterocycles. The molecule has 1 atom stereocenters. The summed E-state index contributed by atoms with van der Waals surface area (Å²) in [6.07, 6.45) is 7.96. The number of hydrogen-bond acceptors (Lipinski definition) is 9. The molecule has 1 unspecified atom stereocenters. The van der Waals surface area contributed by atoms with Gasteiger partial charge in [0.25, 0.3) is 17.7 Å². The van der Waals surface area contributed by atoms with Crippen LogP contribution in [0.1, 0.15) is 112 Å². The molecular formula is C43H45ClN6O6. The van der Waals surface area contributed by atoms with E-state index in [2.05, 4.69) is 33.6 Å². The molecule has 0 spiro atoms. The SMILES string of the molecule is CN(c1ccc(C#N)c(Cl)c1)[C@H]1CC[C@H](NC(=O)c2ccc(O[C@H]3CC[C@H](CN4Cc5cc6c(cc5C4)C(=O)N(C4CCC(=O)NC4=O)C6=O)CC3)cc2)CC1. The average molecular weight is 777 g/mol. The number of rotatable bonds is 9. The summed E-state index contributed by atoms with van der Waals surface area (Å²) in [6.45, 7) is 2.32. The highest BCUT2D eigenvalue weighted by atomic mass is 35.5. The standard InChI is InChI=1S/C43H45ClN6O6/c1-48(32-9-4-27(21-45)37(44)20-32)31-10-7-30(8-11-31)46-40(52)26-5-14-34(15-6-26)56-33-12-2-25(3-13-33)22-49-23-28-18-35-36(19-29(28)24-49)43(55)50(42(35)54)38-16-17-39(51)47-41(38)53/h4-6,9,14-15,18-20,25,30-31,33,38H,2-3,7-8,10-13,16-17,22-24H2,1H3,(H,46,52)(H,47,51,53)/t25-,30-,31-,33-,38?. The molecule has 2 aliphatic carbocycles. The molecule has 3 fully saturated rings. The summed E-state index contributed by atoms with van der Waals surface area (Å²) >= 11 is 6.26. The zero-order chi connectivity index (χ0) is 39.1. The minimum absolute atomic E-state index is 0.0752. The van der Waals surface area contributed by atoms with Crippen molar-refractivity contribution >= 4 is 46.8 Å². The lowest BCUT2D eigenvalue weighted by Crippen LogP contribution is -2.54. The first-order chi connectivity index (χ1) is 27.0. The number of imide groups is 2. The Labute approximate surface area is 331 Å². The van der Waals surface area contributed by atoms with E-state index in [4.69, 9.17) is 16.3 Å². The summed E-state index contributed by atoms with van der Waals surface area (Å²) in [4.78, 5) is 69.3. The Morgan fingerprint density at radius 3 is 2.16 bits per heavy atom. The fraction of sp³-hybridized carbons (Fsp3) is 0.442. The molecule has 13 heteroatoms. The van der Waals surface area contributed by atoms with Crippen LogP contribution in [0.4, 0.5) is 5.69 Å². The van der Waals surface area contributed by atoms with Crippen LogP contribution < -0.4 is 20.3 Å². The molecule has 3 heterocycles. The monoisotopic (exact) mass is 776 g/mol. The largest absolute Gasteiger partial charge is 0.490 e. The quantitative estimate of drug-likeness (QED) is 0.259. The number of carbonyl (C=O) groups excluding carboxylic acids is 5. The summed E-state index contributed by atoms with van der Waals surface area (Å²) < 4.78 is 6.35. The highest BCUT2D eigenvalue weighted by Crippen LogP contribution is 2.36. The summed E-state index contributed by atoms with van der Waals surface area (Å²) in [5, 5.41) is 15.1. The van der Waals surface area contributed by atoms with Crippen LogP contribution in [0.25, 0.3) is 0 Å². The Hall–Kier alpha value is -5.25. The first-order valence-corrected chi connectivity index (χ1v) is 20.0. The maximum Gasteiger partial charge on any atom is 0.262 e. The summed E-state index contributed by atoms with van der Waals surface area (Å²) in [7, 11) is 2.05. The Balaban J connectivity index is 0.763. The minimum Gasteiger partial charge on any atom is -0.490 e. The van der Waals surface area contributed by atoms with Gasteiger partial charge in [-0.25, -0.2) is 0 Å². The van der Waals surface area contributed by atoms with Crippen LogP contribution in [0.2, 0.25) is 5.02 Å². The molecule has 3 aliphatic heterocycles. The highest BCUT2D eigenvalue weighted by molar-refractivity contribution is 6.32. The van der Waals surface area contributed by atoms with E-state index in [1.54, 1.807) is 6.07 Å². The van der Waals surface area contributed by atoms with E-state index >= 15 is 0 Å². The van der Waals surface area contributed by atoms with E-state index in [0.29, 0.717) is 52.3 Å². The van der Waals surface area contributed by atoms with E-state index in [9.17, 15) is 29.2 Å². The van der Waals surface area contributed by atoms with Crippen molar-refractivity contribution in [3.05, 3.63) is 93.0 Å². The lowest BCUT2D eigenvalue weighted by atomic mass is 9.87. The van der Waals surface area contributed by atoms with Crippen molar-refractivity contribution in [2.24, 2.45) is 5.92 Å². The molecule has 0 radical (unpaired) electrons. The first kappa shape index (κ1) is 37.7. The maximum atomic E-state index is 13.3. The lowest BCUT2D eigenvalue weighted by molar-refractivity contribution is -0.136. The van der Waals surface area contributed by atoms with Gasteiger partial charge in [0.15, 0.2) is 0 Å². The molecule has 8 rings (SSSR count). The van der Waals surface area contributed by atoms with Crippen molar-refractivity contribution in [3.8, 4) is 11.8 Å². The van der Waals surface area contributed by atoms with Gasteiger partial charge in [0.2, 0.25) is 11.8 Å². The van der Waals surface area contributed by atoms with Crippen LogP contribution in [0.15, 0.2) is 54.6 Å². The van der Waals surface area contributed by atoms with Crippen molar-refractivity contribution in [1.29, 1.82) is 5.26 Å². The van der Waals surface area contributed by atoms with Gasteiger partial charge in [0, 0.05) is 56.4 Å². The molecule has 3 aromatic rings. The van der Waals surface area contributed by atoms with Crippen LogP contribution in [0.5, 0.6) is 5.75 Å². The number of hydrogen-bond donors (Lipinski definition) is 2. The minimum atomic E-state index is -0.962. The number of fused-ring (bicyclic) bond motifs is 2. The molecule has 2 saturated carbocycles. The number of anilines is 1. The third-order valence-corrected chi connectivity index (χ3v) is 12.7. The lowest BCUT2D eigenvalue weighted by Gasteiger charge is -2.36. The van der Waals surface area contributed by atoms with Crippen LogP contribution in [0, 0.1) is 17.2 Å². The second-order valence-electron chi connectivity index (χ2n) is 15.9. The van der Waals surface area contributed by atoms with Crippen molar-refractivity contribution < 1.29 is 28.7 Å². The highest BCUT2D eigenvalue weighted by Gasteiger charge is 2.45. The number of benzene rings is 3. The van der Waals surface area contributed by atoms with Gasteiger partial charge in [-0.05, 0) is 129 Å². The topological polar surface area (TPSA) is 152 Å². The maximum absolute atomic E-state index is 13.3. The molecule has 2 N–H and O–H groups in total. The van der Waals surface area contributed by atoms with Gasteiger partial charge in [-0.15, -0.1) is 0 Å². The van der Waals surface area contributed by atoms with Gasteiger partial charge in [0.05, 0.1) is 27.8 Å². The molecule has 290 valence electrons. The number of ether oxygens (including phenoxy) is 1. The average Bonchev–Trinajstić information content (AvgIpc) is 3.70. The molecular weight excluding hydrogens is 732 g/mol. The first-order valence-electron chi connectivity index (χ1n) is 19.6. The molecule has 5 aliphatic rings. The number of nitriles is 1. The Kier molecular flexibility index (Phi) is 10.6. The second kappa shape index (κ2) is 15.7. The molecule has 12 nitrogen and oxygen atoms in total. The fourth-order valence-corrected chi connectivity index (χ4v) is 9.36. The summed E-state index contributed by atoms with van der Waals surface area (Å²) in [6, 6.07) is 18.2. The predicted molar refractivity (Wildman–Crippen MR) is 208 cm³/mol. The molecule has 0 bridgehead atoms. The normalized spacial score (nSPS) is 24.9. The third-order valence-electron chi connectivity index (χ3n) is 12.3. The second-order valence-corrected chi connectivity index (χ2v) is 16.3. The Morgan fingerprint density at radius 1 is 0.893 bits per heavy atom. The van der Waals surface area contributed by atoms with E-state index in [1.807, 2.05) is 48.5 Å². The van der Waals surface area contributed by atoms with Crippen molar-refractivity contribution in [2.45, 2.75) is 102 Å². The molecule has 56 heavy (non-hydrogen) atoms. The van der Waals surface area contributed by atoms with E-state index in [0.717, 1.165) is 85.4 Å². The van der Waals surface area contributed by atoms with Gasteiger partial charge in [0.1, 0.15) is 17.9 Å². The van der Waals surface area contributed by atoms with E-state index in [1.165, 1.54) is 0 Å². The Bertz CT molecular complexity index is 2070. The Morgan fingerprint density at radius 2 is 1.55 bits per heavy atom. The van der Waals surface area contributed by atoms with Crippen LogP contribution in [-0.2, 0) is 22.7 Å². The van der Waals surface area contributed by atoms with Crippen LogP contribution in [0.3, 0.4) is 0 Å². The number of nitrogens with zero attached hydrogens (tertiary/aromatic N) is 4. The molecule has 3 aromatic carbocycles. The fourth-order valence-electron chi connectivity index (χ4n) is 9.14. The zero-order valence-electron chi connectivity index (χ0n) is 31.4. The smallest absolute Gasteiger partial charge is 0.262 e. The van der Waals surface area contributed by atoms with Crippen molar-refractivity contribution in [2.75, 3.05) is 18.5 Å². The summed E-state index contributed by atoms with van der Waals surface area (Å²) in [5.41, 5.74) is 4.81. The van der Waals surface area contributed by atoms with Crippen molar-refractivity contribution in [1.82, 2.24) is 20.4 Å². The van der Waals surface area contributed by atoms with Gasteiger partial charge < -0.3 is 15.0 Å². The van der Waals surface area contributed by atoms with Gasteiger partial charge >= 0.3 is 0 Å². The van der Waals surface area contributed by atoms with Gasteiger partial charge in [-0.3, -0.25) is 39.1 Å². The number of halogens is 1. The third kappa shape index (κ3) is 7.62. The number of carbonyl (C=O) groups is 5.